The zero-order valence-electron chi connectivity index (χ0n) is 9.09. The molecule has 0 N–H and O–H groups in total. The van der Waals surface area contributed by atoms with Crippen LogP contribution in [0.2, 0.25) is 0 Å². The van der Waals surface area contributed by atoms with Crippen molar-refractivity contribution in [2.75, 3.05) is 0 Å². The van der Waals surface area contributed by atoms with Gasteiger partial charge in [0.1, 0.15) is 5.82 Å². The highest BCUT2D eigenvalue weighted by atomic mass is 19.3. The highest BCUT2D eigenvalue weighted by Gasteiger charge is 2.36. The van der Waals surface area contributed by atoms with E-state index in [-0.39, 0.29) is 43.0 Å². The van der Waals surface area contributed by atoms with Crippen molar-refractivity contribution in [2.24, 2.45) is 0 Å². The smallest absolute Gasteiger partial charge is 0.248 e. The van der Waals surface area contributed by atoms with Gasteiger partial charge in [0.2, 0.25) is 11.6 Å². The van der Waals surface area contributed by atoms with Gasteiger partial charge >= 0.3 is 0 Å². The molecule has 1 aliphatic rings. The standard InChI is InChI=1S/C12H11F3N2/c1-16-9-6-10(13)11(17-7-9)8-2-4-12(14,15)5-3-8/h6-8H,2-5H2. The van der Waals surface area contributed by atoms with Gasteiger partial charge in [-0.3, -0.25) is 4.98 Å². The Morgan fingerprint density at radius 3 is 2.53 bits per heavy atom. The van der Waals surface area contributed by atoms with Crippen molar-refractivity contribution in [1.82, 2.24) is 4.98 Å². The summed E-state index contributed by atoms with van der Waals surface area (Å²) in [6.07, 6.45) is 1.34. The predicted octanol–water partition coefficient (Wildman–Crippen LogP) is 4.06. The number of aromatic nitrogens is 1. The van der Waals surface area contributed by atoms with Crippen LogP contribution in [0.5, 0.6) is 0 Å². The van der Waals surface area contributed by atoms with Crippen LogP contribution in [0.3, 0.4) is 0 Å². The zero-order chi connectivity index (χ0) is 12.5. The number of nitrogens with zero attached hydrogens (tertiary/aromatic N) is 2. The van der Waals surface area contributed by atoms with Crippen molar-refractivity contribution in [3.05, 3.63) is 35.2 Å². The van der Waals surface area contributed by atoms with E-state index >= 15 is 0 Å². The molecule has 2 rings (SSSR count). The Balaban J connectivity index is 2.17. The summed E-state index contributed by atoms with van der Waals surface area (Å²) in [4.78, 5) is 6.96. The van der Waals surface area contributed by atoms with Crippen LogP contribution < -0.4 is 0 Å². The fourth-order valence-corrected chi connectivity index (χ4v) is 2.11. The van der Waals surface area contributed by atoms with Gasteiger partial charge < -0.3 is 0 Å². The summed E-state index contributed by atoms with van der Waals surface area (Å²) in [5.74, 6) is -3.44. The third-order valence-corrected chi connectivity index (χ3v) is 3.09. The number of hydrogen-bond acceptors (Lipinski definition) is 1. The second-order valence-electron chi connectivity index (χ2n) is 4.30. The Hall–Kier alpha value is -1.57. The molecule has 0 spiro atoms. The Morgan fingerprint density at radius 1 is 1.35 bits per heavy atom. The number of halogens is 3. The summed E-state index contributed by atoms with van der Waals surface area (Å²) in [5, 5.41) is 0. The van der Waals surface area contributed by atoms with E-state index in [1.807, 2.05) is 0 Å². The molecule has 2 nitrogen and oxygen atoms in total. The van der Waals surface area contributed by atoms with E-state index in [4.69, 9.17) is 6.57 Å². The zero-order valence-corrected chi connectivity index (χ0v) is 9.09. The van der Waals surface area contributed by atoms with Crippen molar-refractivity contribution in [1.29, 1.82) is 0 Å². The van der Waals surface area contributed by atoms with Crippen LogP contribution in [0, 0.1) is 12.4 Å². The topological polar surface area (TPSA) is 17.2 Å². The summed E-state index contributed by atoms with van der Waals surface area (Å²) < 4.78 is 39.5. The first-order chi connectivity index (χ1) is 8.02. The predicted molar refractivity (Wildman–Crippen MR) is 56.6 cm³/mol. The van der Waals surface area contributed by atoms with E-state index in [2.05, 4.69) is 9.83 Å². The first-order valence-corrected chi connectivity index (χ1v) is 5.42. The van der Waals surface area contributed by atoms with Crippen molar-refractivity contribution in [3.8, 4) is 0 Å². The van der Waals surface area contributed by atoms with E-state index in [0.717, 1.165) is 6.07 Å². The van der Waals surface area contributed by atoms with Gasteiger partial charge in [0.25, 0.3) is 0 Å². The van der Waals surface area contributed by atoms with E-state index in [0.29, 0.717) is 0 Å². The quantitative estimate of drug-likeness (QED) is 0.676. The third kappa shape index (κ3) is 2.57. The molecule has 0 bridgehead atoms. The number of alkyl halides is 2. The second kappa shape index (κ2) is 4.36. The van der Waals surface area contributed by atoms with Gasteiger partial charge in [0.05, 0.1) is 12.3 Å². The molecule has 1 aromatic rings. The minimum absolute atomic E-state index is 0.132. The molecule has 90 valence electrons. The third-order valence-electron chi connectivity index (χ3n) is 3.09. The molecule has 0 aromatic carbocycles. The first-order valence-electron chi connectivity index (χ1n) is 5.42. The van der Waals surface area contributed by atoms with Gasteiger partial charge in [0.15, 0.2) is 0 Å². The highest BCUT2D eigenvalue weighted by Crippen LogP contribution is 2.41. The molecule has 1 fully saturated rings. The Bertz CT molecular complexity index is 455. The fraction of sp³-hybridized carbons (Fsp3) is 0.500. The summed E-state index contributed by atoms with van der Waals surface area (Å²) in [6, 6.07) is 1.11. The molecular weight excluding hydrogens is 229 g/mol. The average molecular weight is 240 g/mol. The minimum Gasteiger partial charge on any atom is -0.270 e. The maximum absolute atomic E-state index is 13.6. The number of hydrogen-bond donors (Lipinski definition) is 0. The van der Waals surface area contributed by atoms with E-state index < -0.39 is 11.7 Å². The van der Waals surface area contributed by atoms with Gasteiger partial charge in [0, 0.05) is 25.0 Å². The molecule has 1 aliphatic carbocycles. The molecule has 0 aliphatic heterocycles. The van der Waals surface area contributed by atoms with E-state index in [1.54, 1.807) is 0 Å². The first kappa shape index (κ1) is 11.9. The lowest BCUT2D eigenvalue weighted by Crippen LogP contribution is -2.24. The van der Waals surface area contributed by atoms with Crippen LogP contribution in [0.25, 0.3) is 4.85 Å². The van der Waals surface area contributed by atoms with Crippen LogP contribution in [-0.4, -0.2) is 10.9 Å². The number of rotatable bonds is 1. The van der Waals surface area contributed by atoms with Gasteiger partial charge in [-0.25, -0.2) is 18.0 Å². The van der Waals surface area contributed by atoms with Crippen LogP contribution >= 0.6 is 0 Å². The Morgan fingerprint density at radius 2 is 2.00 bits per heavy atom. The second-order valence-corrected chi connectivity index (χ2v) is 4.30. The Kier molecular flexibility index (Phi) is 3.05. The van der Waals surface area contributed by atoms with Crippen LogP contribution in [0.15, 0.2) is 12.3 Å². The molecule has 0 unspecified atom stereocenters. The fourth-order valence-electron chi connectivity index (χ4n) is 2.11. The van der Waals surface area contributed by atoms with Crippen LogP contribution in [-0.2, 0) is 0 Å². The van der Waals surface area contributed by atoms with Crippen LogP contribution in [0.1, 0.15) is 37.3 Å². The van der Waals surface area contributed by atoms with Crippen molar-refractivity contribution >= 4 is 5.69 Å². The average Bonchev–Trinajstić information content (AvgIpc) is 2.29. The van der Waals surface area contributed by atoms with Gasteiger partial charge in [-0.2, -0.15) is 0 Å². The molecular formula is C12H11F3N2. The monoisotopic (exact) mass is 240 g/mol. The lowest BCUT2D eigenvalue weighted by atomic mass is 9.84. The Labute approximate surface area is 97.3 Å². The van der Waals surface area contributed by atoms with Crippen molar-refractivity contribution < 1.29 is 13.2 Å². The molecule has 0 saturated heterocycles. The summed E-state index contributed by atoms with van der Waals surface area (Å²) in [6.45, 7) is 6.73. The largest absolute Gasteiger partial charge is 0.270 e. The lowest BCUT2D eigenvalue weighted by molar-refractivity contribution is -0.0387. The molecule has 0 radical (unpaired) electrons. The normalized spacial score (nSPS) is 19.9. The molecule has 1 heterocycles. The maximum atomic E-state index is 13.6. The molecule has 5 heteroatoms. The van der Waals surface area contributed by atoms with Crippen LogP contribution in [0.4, 0.5) is 18.9 Å². The minimum atomic E-state index is -2.62. The molecule has 1 saturated carbocycles. The highest BCUT2D eigenvalue weighted by molar-refractivity contribution is 5.42. The van der Waals surface area contributed by atoms with Crippen molar-refractivity contribution in [2.45, 2.75) is 37.5 Å². The van der Waals surface area contributed by atoms with E-state index in [1.165, 1.54) is 6.20 Å². The molecule has 1 aromatic heterocycles. The summed E-state index contributed by atoms with van der Waals surface area (Å²) in [5.41, 5.74) is 0.347. The van der Waals surface area contributed by atoms with E-state index in [9.17, 15) is 13.2 Å². The number of pyridine rings is 1. The van der Waals surface area contributed by atoms with Gasteiger partial charge in [-0.05, 0) is 18.9 Å². The van der Waals surface area contributed by atoms with Crippen molar-refractivity contribution in [3.63, 3.8) is 0 Å². The summed E-state index contributed by atoms with van der Waals surface area (Å²) in [7, 11) is 0. The molecule has 0 atom stereocenters. The lowest BCUT2D eigenvalue weighted by Gasteiger charge is -2.28. The van der Waals surface area contributed by atoms with Gasteiger partial charge in [-0.15, -0.1) is 0 Å². The summed E-state index contributed by atoms with van der Waals surface area (Å²) >= 11 is 0. The SMILES string of the molecule is [C-]#[N+]c1cnc(C2CCC(F)(F)CC2)c(F)c1. The maximum Gasteiger partial charge on any atom is 0.248 e. The molecule has 17 heavy (non-hydrogen) atoms. The van der Waals surface area contributed by atoms with Gasteiger partial charge in [-0.1, -0.05) is 0 Å². The molecule has 0 amide bonds.